The van der Waals surface area contributed by atoms with Gasteiger partial charge in [-0.1, -0.05) is 53.9 Å². The zero-order valence-corrected chi connectivity index (χ0v) is 27.6. The summed E-state index contributed by atoms with van der Waals surface area (Å²) in [7, 11) is -4.14. The van der Waals surface area contributed by atoms with Crippen LogP contribution in [0.25, 0.3) is 0 Å². The zero-order chi connectivity index (χ0) is 29.7. The fourth-order valence-electron chi connectivity index (χ4n) is 3.68. The Labute approximate surface area is 238 Å². The standard InChI is InChI=1S/C29H53NO7SSi/c1-10-12-16-24(11-2)22-35-27(31)19-21-38(32,33)25-17-18-26(34-7)30-28(25)37-23(3)15-13-14-20-36-39(8,9)29(4,5)6/h17-18,23-24H,10-16,19-22H2,1-9H3/t23-,24?/m1/s1. The minimum Gasteiger partial charge on any atom is -0.481 e. The number of pyridine rings is 1. The molecule has 0 fully saturated rings. The van der Waals surface area contributed by atoms with E-state index in [1.807, 2.05) is 6.92 Å². The quantitative estimate of drug-likeness (QED) is 0.0971. The predicted molar refractivity (Wildman–Crippen MR) is 159 cm³/mol. The lowest BCUT2D eigenvalue weighted by molar-refractivity contribution is -0.144. The highest BCUT2D eigenvalue weighted by Crippen LogP contribution is 2.36. The number of methoxy groups -OCH3 is 1. The maximum atomic E-state index is 13.2. The molecule has 0 aliphatic carbocycles. The van der Waals surface area contributed by atoms with Crippen molar-refractivity contribution in [3.63, 3.8) is 0 Å². The highest BCUT2D eigenvalue weighted by molar-refractivity contribution is 7.91. The van der Waals surface area contributed by atoms with Crippen LogP contribution in [-0.4, -0.2) is 59.9 Å². The van der Waals surface area contributed by atoms with E-state index in [1.165, 1.54) is 19.2 Å². The third-order valence-corrected chi connectivity index (χ3v) is 13.8. The van der Waals surface area contributed by atoms with Gasteiger partial charge in [0.05, 0.1) is 32.0 Å². The van der Waals surface area contributed by atoms with Gasteiger partial charge in [-0.15, -0.1) is 0 Å². The van der Waals surface area contributed by atoms with Crippen molar-refractivity contribution in [2.75, 3.05) is 26.1 Å². The van der Waals surface area contributed by atoms with E-state index in [0.717, 1.165) is 44.9 Å². The van der Waals surface area contributed by atoms with Crippen molar-refractivity contribution in [2.24, 2.45) is 5.92 Å². The van der Waals surface area contributed by atoms with Crippen molar-refractivity contribution in [3.8, 4) is 11.8 Å². The lowest BCUT2D eigenvalue weighted by atomic mass is 10.0. The number of carbonyl (C=O) groups is 1. The van der Waals surface area contributed by atoms with E-state index in [1.54, 1.807) is 0 Å². The normalized spacial score (nSPS) is 14.1. The molecule has 0 saturated heterocycles. The van der Waals surface area contributed by atoms with Crippen LogP contribution in [0.4, 0.5) is 0 Å². The SMILES string of the molecule is CCCCC(CC)COC(=O)CCS(=O)(=O)c1ccc(OC)nc1O[C@H](C)CCCCO[Si](C)(C)C(C)(C)C. The van der Waals surface area contributed by atoms with E-state index in [0.29, 0.717) is 19.1 Å². The van der Waals surface area contributed by atoms with Crippen molar-refractivity contribution in [2.45, 2.75) is 122 Å². The summed E-state index contributed by atoms with van der Waals surface area (Å²) in [6.07, 6.45) is 6.12. The Morgan fingerprint density at radius 1 is 1.08 bits per heavy atom. The lowest BCUT2D eigenvalue weighted by Gasteiger charge is -2.36. The number of hydrogen-bond donors (Lipinski definition) is 0. The van der Waals surface area contributed by atoms with Crippen LogP contribution in [0.3, 0.4) is 0 Å². The first kappa shape index (κ1) is 35.4. The van der Waals surface area contributed by atoms with Crippen LogP contribution in [0.1, 0.15) is 92.9 Å². The molecule has 1 heterocycles. The Bertz CT molecular complexity index is 976. The molecule has 0 saturated carbocycles. The van der Waals surface area contributed by atoms with Crippen LogP contribution in [-0.2, 0) is 23.8 Å². The highest BCUT2D eigenvalue weighted by atomic mass is 32.2. The first-order valence-corrected chi connectivity index (χ1v) is 19.0. The largest absolute Gasteiger partial charge is 0.481 e. The van der Waals surface area contributed by atoms with Gasteiger partial charge in [-0.05, 0) is 62.7 Å². The summed E-state index contributed by atoms with van der Waals surface area (Å²) >= 11 is 0. The van der Waals surface area contributed by atoms with Crippen LogP contribution in [0.5, 0.6) is 11.8 Å². The zero-order valence-electron chi connectivity index (χ0n) is 25.8. The van der Waals surface area contributed by atoms with Gasteiger partial charge in [-0.3, -0.25) is 4.79 Å². The molecule has 0 radical (unpaired) electrons. The molecule has 0 amide bonds. The van der Waals surface area contributed by atoms with Crippen molar-refractivity contribution in [1.29, 1.82) is 0 Å². The molecule has 0 aliphatic heterocycles. The fraction of sp³-hybridized carbons (Fsp3) is 0.793. The molecule has 10 heteroatoms. The van der Waals surface area contributed by atoms with Crippen LogP contribution in [0.2, 0.25) is 18.1 Å². The van der Waals surface area contributed by atoms with Gasteiger partial charge in [0.1, 0.15) is 4.90 Å². The fourth-order valence-corrected chi connectivity index (χ4v) is 6.06. The Kier molecular flexibility index (Phi) is 15.0. The monoisotopic (exact) mass is 587 g/mol. The summed E-state index contributed by atoms with van der Waals surface area (Å²) < 4.78 is 49.1. The maximum absolute atomic E-state index is 13.2. The van der Waals surface area contributed by atoms with Crippen molar-refractivity contribution in [3.05, 3.63) is 12.1 Å². The average molecular weight is 588 g/mol. The Hall–Kier alpha value is -1.65. The molecule has 226 valence electrons. The smallest absolute Gasteiger partial charge is 0.306 e. The maximum Gasteiger partial charge on any atom is 0.306 e. The molecular weight excluding hydrogens is 534 g/mol. The van der Waals surface area contributed by atoms with E-state index in [-0.39, 0.29) is 40.0 Å². The average Bonchev–Trinajstić information content (AvgIpc) is 2.86. The molecule has 0 spiro atoms. The van der Waals surface area contributed by atoms with Gasteiger partial charge in [-0.2, -0.15) is 4.98 Å². The molecule has 0 aliphatic rings. The summed E-state index contributed by atoms with van der Waals surface area (Å²) in [6, 6.07) is 2.92. The first-order chi connectivity index (χ1) is 18.2. The van der Waals surface area contributed by atoms with Gasteiger partial charge in [-0.25, -0.2) is 8.42 Å². The number of nitrogens with zero attached hydrogens (tertiary/aromatic N) is 1. The molecule has 8 nitrogen and oxygen atoms in total. The van der Waals surface area contributed by atoms with E-state index < -0.39 is 24.1 Å². The number of hydrogen-bond acceptors (Lipinski definition) is 8. The Balaban J connectivity index is 2.73. The number of rotatable bonds is 19. The second-order valence-corrected chi connectivity index (χ2v) is 18.7. The van der Waals surface area contributed by atoms with E-state index in [2.05, 4.69) is 52.7 Å². The third kappa shape index (κ3) is 12.6. The molecular formula is C29H53NO7SSi. The molecule has 0 N–H and O–H groups in total. The van der Waals surface area contributed by atoms with Gasteiger partial charge in [0.2, 0.25) is 11.8 Å². The third-order valence-electron chi connectivity index (χ3n) is 7.53. The van der Waals surface area contributed by atoms with Gasteiger partial charge in [0.25, 0.3) is 0 Å². The second kappa shape index (κ2) is 16.6. The van der Waals surface area contributed by atoms with Crippen molar-refractivity contribution >= 4 is 24.1 Å². The predicted octanol–water partition coefficient (Wildman–Crippen LogP) is 6.97. The summed E-state index contributed by atoms with van der Waals surface area (Å²) in [4.78, 5) is 16.5. The molecule has 1 aromatic rings. The first-order valence-electron chi connectivity index (χ1n) is 14.4. The van der Waals surface area contributed by atoms with E-state index >= 15 is 0 Å². The Morgan fingerprint density at radius 2 is 1.77 bits per heavy atom. The van der Waals surface area contributed by atoms with Crippen molar-refractivity contribution < 1.29 is 31.8 Å². The molecule has 1 aromatic heterocycles. The van der Waals surface area contributed by atoms with Gasteiger partial charge < -0.3 is 18.6 Å². The summed E-state index contributed by atoms with van der Waals surface area (Å²) in [5, 5.41) is 0.173. The van der Waals surface area contributed by atoms with Crippen LogP contribution in [0.15, 0.2) is 17.0 Å². The summed E-state index contributed by atoms with van der Waals surface area (Å²) in [6.45, 7) is 18.3. The Morgan fingerprint density at radius 3 is 2.36 bits per heavy atom. The minimum absolute atomic E-state index is 0.00152. The molecule has 0 bridgehead atoms. The van der Waals surface area contributed by atoms with Crippen LogP contribution in [0, 0.1) is 5.92 Å². The molecule has 1 unspecified atom stereocenters. The number of aromatic nitrogens is 1. The molecule has 2 atom stereocenters. The van der Waals surface area contributed by atoms with Crippen LogP contribution < -0.4 is 9.47 Å². The lowest BCUT2D eigenvalue weighted by Crippen LogP contribution is -2.40. The number of ether oxygens (including phenoxy) is 3. The number of esters is 1. The second-order valence-electron chi connectivity index (χ2n) is 11.9. The minimum atomic E-state index is -3.83. The number of unbranched alkanes of at least 4 members (excludes halogenated alkanes) is 2. The molecule has 1 rings (SSSR count). The van der Waals surface area contributed by atoms with Crippen LogP contribution >= 0.6 is 0 Å². The van der Waals surface area contributed by atoms with E-state index in [9.17, 15) is 13.2 Å². The summed E-state index contributed by atoms with van der Waals surface area (Å²) in [5.41, 5.74) is 0. The van der Waals surface area contributed by atoms with Gasteiger partial charge >= 0.3 is 5.97 Å². The van der Waals surface area contributed by atoms with E-state index in [4.69, 9.17) is 18.6 Å². The van der Waals surface area contributed by atoms with Gasteiger partial charge in [0, 0.05) is 12.7 Å². The number of sulfone groups is 1. The number of carbonyl (C=O) groups excluding carboxylic acids is 1. The highest BCUT2D eigenvalue weighted by Gasteiger charge is 2.36. The topological polar surface area (TPSA) is 101 Å². The van der Waals surface area contributed by atoms with Gasteiger partial charge in [0.15, 0.2) is 18.2 Å². The molecule has 0 aromatic carbocycles. The molecule has 39 heavy (non-hydrogen) atoms. The summed E-state index contributed by atoms with van der Waals surface area (Å²) in [5.74, 6) is -0.322. The van der Waals surface area contributed by atoms with Crippen molar-refractivity contribution in [1.82, 2.24) is 4.98 Å².